The lowest BCUT2D eigenvalue weighted by atomic mass is 9.96. The first-order valence-corrected chi connectivity index (χ1v) is 9.76. The van der Waals surface area contributed by atoms with Gasteiger partial charge in [0.05, 0.1) is 23.6 Å². The molecule has 23 heavy (non-hydrogen) atoms. The molecule has 1 amide bonds. The number of piperidine rings is 1. The third-order valence-electron chi connectivity index (χ3n) is 4.75. The summed E-state index contributed by atoms with van der Waals surface area (Å²) >= 11 is 0. The third-order valence-corrected chi connectivity index (χ3v) is 6.50. The number of amides is 1. The van der Waals surface area contributed by atoms with Crippen molar-refractivity contribution < 1.29 is 13.2 Å². The van der Waals surface area contributed by atoms with Crippen LogP contribution in [-0.4, -0.2) is 66.9 Å². The van der Waals surface area contributed by atoms with Crippen molar-refractivity contribution in [2.75, 3.05) is 36.5 Å². The molecule has 0 unspecified atom stereocenters. The summed E-state index contributed by atoms with van der Waals surface area (Å²) in [4.78, 5) is 24.8. The highest BCUT2D eigenvalue weighted by molar-refractivity contribution is 7.91. The van der Waals surface area contributed by atoms with Crippen molar-refractivity contribution in [2.45, 2.75) is 25.3 Å². The largest absolute Gasteiger partial charge is 0.355 e. The maximum absolute atomic E-state index is 12.7. The molecule has 0 aliphatic carbocycles. The Labute approximate surface area is 136 Å². The minimum Gasteiger partial charge on any atom is -0.355 e. The Kier molecular flexibility index (Phi) is 4.52. The third kappa shape index (κ3) is 3.63. The summed E-state index contributed by atoms with van der Waals surface area (Å²) < 4.78 is 23.2. The van der Waals surface area contributed by atoms with Gasteiger partial charge in [0, 0.05) is 38.6 Å². The topological polar surface area (TPSA) is 83.5 Å². The van der Waals surface area contributed by atoms with Gasteiger partial charge in [0.15, 0.2) is 9.84 Å². The number of carbonyl (C=O) groups excluding carboxylic acids is 1. The van der Waals surface area contributed by atoms with Gasteiger partial charge in [0.2, 0.25) is 5.91 Å². The molecule has 2 fully saturated rings. The molecule has 126 valence electrons. The first-order chi connectivity index (χ1) is 11.0. The molecule has 8 heteroatoms. The Bertz CT molecular complexity index is 665. The first-order valence-electron chi connectivity index (χ1n) is 7.94. The van der Waals surface area contributed by atoms with Crippen LogP contribution in [0.1, 0.15) is 19.3 Å². The van der Waals surface area contributed by atoms with Gasteiger partial charge >= 0.3 is 0 Å². The molecular weight excluding hydrogens is 316 g/mol. The second-order valence-corrected chi connectivity index (χ2v) is 8.58. The summed E-state index contributed by atoms with van der Waals surface area (Å²) in [5, 5.41) is 0. The van der Waals surface area contributed by atoms with E-state index in [0.717, 1.165) is 25.2 Å². The molecular formula is C15H22N4O3S. The maximum Gasteiger partial charge on any atom is 0.227 e. The van der Waals surface area contributed by atoms with Crippen LogP contribution in [0.15, 0.2) is 18.6 Å². The number of anilines is 1. The lowest BCUT2D eigenvalue weighted by Gasteiger charge is -2.35. The quantitative estimate of drug-likeness (QED) is 0.790. The molecule has 3 heterocycles. The van der Waals surface area contributed by atoms with Crippen molar-refractivity contribution in [3.8, 4) is 0 Å². The predicted molar refractivity (Wildman–Crippen MR) is 86.8 cm³/mol. The monoisotopic (exact) mass is 338 g/mol. The van der Waals surface area contributed by atoms with E-state index in [2.05, 4.69) is 14.9 Å². The smallest absolute Gasteiger partial charge is 0.227 e. The van der Waals surface area contributed by atoms with Gasteiger partial charge in [-0.2, -0.15) is 0 Å². The Morgan fingerprint density at radius 1 is 1.35 bits per heavy atom. The number of rotatable bonds is 3. The summed E-state index contributed by atoms with van der Waals surface area (Å²) in [7, 11) is -1.25. The zero-order valence-corrected chi connectivity index (χ0v) is 14.1. The average molecular weight is 338 g/mol. The van der Waals surface area contributed by atoms with Gasteiger partial charge < -0.3 is 9.80 Å². The van der Waals surface area contributed by atoms with E-state index in [4.69, 9.17) is 0 Å². The minimum absolute atomic E-state index is 0.0423. The van der Waals surface area contributed by atoms with E-state index in [0.29, 0.717) is 13.0 Å². The van der Waals surface area contributed by atoms with Crippen LogP contribution in [0.3, 0.4) is 0 Å². The normalized spacial score (nSPS) is 26.9. The van der Waals surface area contributed by atoms with E-state index >= 15 is 0 Å². The van der Waals surface area contributed by atoms with Crippen molar-refractivity contribution in [3.05, 3.63) is 18.6 Å². The molecule has 0 spiro atoms. The molecule has 2 atom stereocenters. The number of hydrogen-bond donors (Lipinski definition) is 0. The molecule has 0 aromatic carbocycles. The molecule has 2 saturated heterocycles. The standard InChI is InChI=1S/C15H22N4O3S/c1-18(13-4-8-23(21,22)11-13)15(20)12-3-2-7-19(10-12)14-9-16-5-6-17-14/h5-6,9,12-13H,2-4,7-8,10-11H2,1H3/t12-,13+/m1/s1. The van der Waals surface area contributed by atoms with Crippen molar-refractivity contribution in [1.82, 2.24) is 14.9 Å². The lowest BCUT2D eigenvalue weighted by Crippen LogP contribution is -2.47. The number of aromatic nitrogens is 2. The minimum atomic E-state index is -2.98. The Morgan fingerprint density at radius 3 is 2.83 bits per heavy atom. The molecule has 0 N–H and O–H groups in total. The second kappa shape index (κ2) is 6.43. The fourth-order valence-corrected chi connectivity index (χ4v) is 5.16. The molecule has 3 rings (SSSR count). The summed E-state index contributed by atoms with van der Waals surface area (Å²) in [6.07, 6.45) is 7.29. The van der Waals surface area contributed by atoms with Gasteiger partial charge in [0.25, 0.3) is 0 Å². The molecule has 2 aliphatic rings. The Morgan fingerprint density at radius 2 is 2.17 bits per heavy atom. The highest BCUT2D eigenvalue weighted by Gasteiger charge is 2.36. The van der Waals surface area contributed by atoms with Gasteiger partial charge in [-0.1, -0.05) is 0 Å². The zero-order chi connectivity index (χ0) is 16.4. The van der Waals surface area contributed by atoms with Gasteiger partial charge in [-0.3, -0.25) is 9.78 Å². The van der Waals surface area contributed by atoms with E-state index < -0.39 is 9.84 Å². The zero-order valence-electron chi connectivity index (χ0n) is 13.3. The Balaban J connectivity index is 1.65. The fraction of sp³-hybridized carbons (Fsp3) is 0.667. The molecule has 2 aliphatic heterocycles. The molecule has 0 bridgehead atoms. The number of nitrogens with zero attached hydrogens (tertiary/aromatic N) is 4. The van der Waals surface area contributed by atoms with Crippen molar-refractivity contribution in [2.24, 2.45) is 5.92 Å². The average Bonchev–Trinajstić information content (AvgIpc) is 2.94. The van der Waals surface area contributed by atoms with Crippen LogP contribution >= 0.6 is 0 Å². The molecule has 1 aromatic heterocycles. The predicted octanol–water partition coefficient (Wildman–Crippen LogP) is 0.338. The molecule has 0 saturated carbocycles. The van der Waals surface area contributed by atoms with Crippen LogP contribution in [-0.2, 0) is 14.6 Å². The van der Waals surface area contributed by atoms with E-state index in [1.54, 1.807) is 30.5 Å². The van der Waals surface area contributed by atoms with E-state index in [1.165, 1.54) is 0 Å². The first kappa shape index (κ1) is 16.2. The van der Waals surface area contributed by atoms with E-state index in [1.807, 2.05) is 0 Å². The van der Waals surface area contributed by atoms with Crippen LogP contribution in [0.5, 0.6) is 0 Å². The van der Waals surface area contributed by atoms with Crippen molar-refractivity contribution in [3.63, 3.8) is 0 Å². The van der Waals surface area contributed by atoms with Gasteiger partial charge in [-0.25, -0.2) is 13.4 Å². The van der Waals surface area contributed by atoms with Gasteiger partial charge in [0.1, 0.15) is 5.82 Å². The maximum atomic E-state index is 12.7. The Hall–Kier alpha value is -1.70. The molecule has 1 aromatic rings. The number of sulfone groups is 1. The number of carbonyl (C=O) groups is 1. The highest BCUT2D eigenvalue weighted by Crippen LogP contribution is 2.25. The SMILES string of the molecule is CN(C(=O)[C@@H]1CCCN(c2cnccn2)C1)[C@H]1CCS(=O)(=O)C1. The van der Waals surface area contributed by atoms with Crippen LogP contribution in [0.25, 0.3) is 0 Å². The van der Waals surface area contributed by atoms with E-state index in [9.17, 15) is 13.2 Å². The highest BCUT2D eigenvalue weighted by atomic mass is 32.2. The lowest BCUT2D eigenvalue weighted by molar-refractivity contribution is -0.136. The van der Waals surface area contributed by atoms with Gasteiger partial charge in [-0.15, -0.1) is 0 Å². The summed E-state index contributed by atoms with van der Waals surface area (Å²) in [5.74, 6) is 0.998. The molecule has 7 nitrogen and oxygen atoms in total. The van der Waals surface area contributed by atoms with Crippen LogP contribution < -0.4 is 4.90 Å². The van der Waals surface area contributed by atoms with Crippen LogP contribution in [0.4, 0.5) is 5.82 Å². The number of hydrogen-bond acceptors (Lipinski definition) is 6. The second-order valence-electron chi connectivity index (χ2n) is 6.35. The van der Waals surface area contributed by atoms with E-state index in [-0.39, 0.29) is 29.4 Å². The summed E-state index contributed by atoms with van der Waals surface area (Å²) in [6.45, 7) is 1.48. The van der Waals surface area contributed by atoms with Crippen LogP contribution in [0, 0.1) is 5.92 Å². The summed E-state index contributed by atoms with van der Waals surface area (Å²) in [6, 6.07) is -0.181. The van der Waals surface area contributed by atoms with Gasteiger partial charge in [-0.05, 0) is 19.3 Å². The van der Waals surface area contributed by atoms with Crippen molar-refractivity contribution in [1.29, 1.82) is 0 Å². The van der Waals surface area contributed by atoms with Crippen LogP contribution in [0.2, 0.25) is 0 Å². The molecule has 0 radical (unpaired) electrons. The van der Waals surface area contributed by atoms with Crippen molar-refractivity contribution >= 4 is 21.6 Å². The fourth-order valence-electron chi connectivity index (χ4n) is 3.39. The summed E-state index contributed by atoms with van der Waals surface area (Å²) in [5.41, 5.74) is 0.